The number of aliphatic hydroxyl groups is 1. The lowest BCUT2D eigenvalue weighted by atomic mass is 9.91. The van der Waals surface area contributed by atoms with Crippen LogP contribution in [0.5, 0.6) is 0 Å². The number of pyridine rings is 1. The first-order chi connectivity index (χ1) is 11.4. The molecule has 0 saturated heterocycles. The summed E-state index contributed by atoms with van der Waals surface area (Å²) in [5, 5.41) is 19.4. The van der Waals surface area contributed by atoms with Crippen LogP contribution >= 0.6 is 11.3 Å². The Labute approximate surface area is 142 Å². The molecule has 24 heavy (non-hydrogen) atoms. The van der Waals surface area contributed by atoms with Crippen molar-refractivity contribution >= 4 is 23.2 Å². The standard InChI is InChI=1S/C16H15N5O2S/c1-16(13(22)14(23)21(2)15(18)20-16)12-4-3-11(24-12)10-5-9(6-17)7-19-8-10/h3-5,7-8,13,22H,1-2H3,(H2,18,20)/t13-,16+/m0/s1. The van der Waals surface area contributed by atoms with E-state index < -0.39 is 17.6 Å². The van der Waals surface area contributed by atoms with Crippen molar-refractivity contribution in [3.63, 3.8) is 0 Å². The van der Waals surface area contributed by atoms with Crippen LogP contribution in [-0.2, 0) is 10.3 Å². The Bertz CT molecular complexity index is 885. The minimum Gasteiger partial charge on any atom is -0.380 e. The molecule has 0 unspecified atom stereocenters. The van der Waals surface area contributed by atoms with Gasteiger partial charge in [-0.15, -0.1) is 11.3 Å². The van der Waals surface area contributed by atoms with Gasteiger partial charge in [0.1, 0.15) is 11.6 Å². The molecule has 0 saturated carbocycles. The van der Waals surface area contributed by atoms with Crippen LogP contribution in [-0.4, -0.2) is 40.0 Å². The van der Waals surface area contributed by atoms with E-state index >= 15 is 0 Å². The fourth-order valence-electron chi connectivity index (χ4n) is 2.50. The molecule has 0 aliphatic carbocycles. The van der Waals surface area contributed by atoms with Crippen LogP contribution in [0.1, 0.15) is 17.4 Å². The maximum Gasteiger partial charge on any atom is 0.260 e. The Kier molecular flexibility index (Phi) is 3.83. The highest BCUT2D eigenvalue weighted by Crippen LogP contribution is 2.40. The predicted octanol–water partition coefficient (Wildman–Crippen LogP) is 1.04. The molecule has 1 aliphatic rings. The lowest BCUT2D eigenvalue weighted by Gasteiger charge is -2.36. The normalized spacial score (nSPS) is 23.8. The van der Waals surface area contributed by atoms with Gasteiger partial charge in [0, 0.05) is 34.8 Å². The number of aromatic nitrogens is 1. The van der Waals surface area contributed by atoms with Gasteiger partial charge >= 0.3 is 0 Å². The van der Waals surface area contributed by atoms with Gasteiger partial charge in [0.05, 0.1) is 5.56 Å². The molecule has 2 aromatic rings. The van der Waals surface area contributed by atoms with Crippen LogP contribution in [0.2, 0.25) is 0 Å². The number of aliphatic imine (C=N–C) groups is 1. The minimum absolute atomic E-state index is 0.0656. The van der Waals surface area contributed by atoms with Crippen molar-refractivity contribution in [3.05, 3.63) is 41.0 Å². The Morgan fingerprint density at radius 3 is 2.92 bits per heavy atom. The van der Waals surface area contributed by atoms with E-state index in [2.05, 4.69) is 16.0 Å². The smallest absolute Gasteiger partial charge is 0.260 e. The highest BCUT2D eigenvalue weighted by molar-refractivity contribution is 7.15. The van der Waals surface area contributed by atoms with E-state index in [0.29, 0.717) is 10.4 Å². The van der Waals surface area contributed by atoms with Crippen molar-refractivity contribution in [3.8, 4) is 16.5 Å². The van der Waals surface area contributed by atoms with Gasteiger partial charge in [-0.2, -0.15) is 5.26 Å². The highest BCUT2D eigenvalue weighted by atomic mass is 32.1. The number of likely N-dealkylation sites (N-methyl/N-ethyl adjacent to an activating group) is 1. The molecule has 0 spiro atoms. The van der Waals surface area contributed by atoms with E-state index in [1.165, 1.54) is 24.6 Å². The van der Waals surface area contributed by atoms with Crippen LogP contribution in [0.3, 0.4) is 0 Å². The zero-order chi connectivity index (χ0) is 17.5. The summed E-state index contributed by atoms with van der Waals surface area (Å²) in [6.45, 7) is 1.68. The molecule has 8 heteroatoms. The number of amides is 1. The van der Waals surface area contributed by atoms with E-state index in [9.17, 15) is 9.90 Å². The Balaban J connectivity index is 2.04. The lowest BCUT2D eigenvalue weighted by Crippen LogP contribution is -2.56. The number of hydrogen-bond acceptors (Lipinski definition) is 7. The molecule has 7 nitrogen and oxygen atoms in total. The summed E-state index contributed by atoms with van der Waals surface area (Å²) in [6, 6.07) is 7.44. The maximum absolute atomic E-state index is 12.2. The van der Waals surface area contributed by atoms with Gasteiger partial charge in [0.2, 0.25) is 0 Å². The summed E-state index contributed by atoms with van der Waals surface area (Å²) >= 11 is 1.38. The first kappa shape index (κ1) is 16.1. The molecule has 0 bridgehead atoms. The molecule has 1 amide bonds. The zero-order valence-electron chi connectivity index (χ0n) is 13.1. The first-order valence-corrected chi connectivity index (χ1v) is 7.95. The Morgan fingerprint density at radius 1 is 1.46 bits per heavy atom. The van der Waals surface area contributed by atoms with Gasteiger partial charge in [-0.3, -0.25) is 14.7 Å². The van der Waals surface area contributed by atoms with Crippen molar-refractivity contribution in [1.29, 1.82) is 5.26 Å². The summed E-state index contributed by atoms with van der Waals surface area (Å²) in [5.41, 5.74) is 5.91. The molecule has 122 valence electrons. The van der Waals surface area contributed by atoms with Crippen LogP contribution in [0, 0.1) is 11.3 Å². The quantitative estimate of drug-likeness (QED) is 0.847. The average Bonchev–Trinajstić information content (AvgIpc) is 3.09. The van der Waals surface area contributed by atoms with E-state index in [4.69, 9.17) is 11.0 Å². The first-order valence-electron chi connectivity index (χ1n) is 7.13. The number of aliphatic hydroxyl groups excluding tert-OH is 1. The van der Waals surface area contributed by atoms with Crippen molar-refractivity contribution < 1.29 is 9.90 Å². The number of carbonyl (C=O) groups is 1. The van der Waals surface area contributed by atoms with Crippen molar-refractivity contribution in [2.45, 2.75) is 18.6 Å². The SMILES string of the molecule is CN1C(=O)[C@H](O)[C@@](C)(c2ccc(-c3cncc(C#N)c3)s2)N=C1N. The Hall–Kier alpha value is -2.76. The fourth-order valence-corrected chi connectivity index (χ4v) is 3.60. The van der Waals surface area contributed by atoms with Gasteiger partial charge in [0.25, 0.3) is 5.91 Å². The second-order valence-corrected chi connectivity index (χ2v) is 6.74. The number of nitrogens with zero attached hydrogens (tertiary/aromatic N) is 4. The third-order valence-electron chi connectivity index (χ3n) is 4.04. The molecule has 2 atom stereocenters. The van der Waals surface area contributed by atoms with Crippen LogP contribution in [0.15, 0.2) is 35.6 Å². The van der Waals surface area contributed by atoms with Gasteiger partial charge in [0.15, 0.2) is 12.1 Å². The van der Waals surface area contributed by atoms with Gasteiger partial charge in [-0.1, -0.05) is 0 Å². The molecule has 0 radical (unpaired) electrons. The number of carbonyl (C=O) groups excluding carboxylic acids is 1. The molecule has 2 aromatic heterocycles. The molecular formula is C16H15N5O2S. The lowest BCUT2D eigenvalue weighted by molar-refractivity contribution is -0.140. The van der Waals surface area contributed by atoms with E-state index in [1.807, 2.05) is 6.07 Å². The van der Waals surface area contributed by atoms with Crippen LogP contribution in [0.25, 0.3) is 10.4 Å². The third-order valence-corrected chi connectivity index (χ3v) is 5.41. The number of nitrogens with two attached hydrogens (primary N) is 1. The summed E-state index contributed by atoms with van der Waals surface area (Å²) in [7, 11) is 1.48. The molecular weight excluding hydrogens is 326 g/mol. The minimum atomic E-state index is -1.31. The predicted molar refractivity (Wildman–Crippen MR) is 90.0 cm³/mol. The highest BCUT2D eigenvalue weighted by Gasteiger charge is 2.46. The second-order valence-electron chi connectivity index (χ2n) is 5.66. The zero-order valence-corrected chi connectivity index (χ0v) is 13.9. The summed E-state index contributed by atoms with van der Waals surface area (Å²) in [4.78, 5) is 23.2. The van der Waals surface area contributed by atoms with Crippen LogP contribution < -0.4 is 5.73 Å². The summed E-state index contributed by atoms with van der Waals surface area (Å²) in [5.74, 6) is -0.427. The topological polar surface area (TPSA) is 116 Å². The van der Waals surface area contributed by atoms with Crippen molar-refractivity contribution in [2.75, 3.05) is 7.05 Å². The van der Waals surface area contributed by atoms with Crippen molar-refractivity contribution in [2.24, 2.45) is 10.7 Å². The molecule has 0 fully saturated rings. The molecule has 0 aromatic carbocycles. The molecule has 3 rings (SSSR count). The molecule has 3 heterocycles. The van der Waals surface area contributed by atoms with Gasteiger partial charge in [-0.25, -0.2) is 4.99 Å². The van der Waals surface area contributed by atoms with E-state index in [0.717, 1.165) is 15.3 Å². The number of rotatable bonds is 2. The van der Waals surface area contributed by atoms with E-state index in [1.54, 1.807) is 25.3 Å². The number of nitriles is 1. The molecule has 3 N–H and O–H groups in total. The van der Waals surface area contributed by atoms with Gasteiger partial charge < -0.3 is 10.8 Å². The summed E-state index contributed by atoms with van der Waals surface area (Å²) < 4.78 is 0. The fraction of sp³-hybridized carbons (Fsp3) is 0.250. The van der Waals surface area contributed by atoms with Crippen LogP contribution in [0.4, 0.5) is 0 Å². The number of guanidine groups is 1. The van der Waals surface area contributed by atoms with E-state index in [-0.39, 0.29) is 5.96 Å². The summed E-state index contributed by atoms with van der Waals surface area (Å²) in [6.07, 6.45) is 1.83. The number of thiophene rings is 1. The van der Waals surface area contributed by atoms with Crippen molar-refractivity contribution in [1.82, 2.24) is 9.88 Å². The van der Waals surface area contributed by atoms with Gasteiger partial charge in [-0.05, 0) is 25.1 Å². The maximum atomic E-state index is 12.2. The second kappa shape index (κ2) is 5.70. The molecule has 1 aliphatic heterocycles. The average molecular weight is 341 g/mol. The Morgan fingerprint density at radius 2 is 2.21 bits per heavy atom. The number of hydrogen-bond donors (Lipinski definition) is 2. The third kappa shape index (κ3) is 2.44. The monoisotopic (exact) mass is 341 g/mol. The largest absolute Gasteiger partial charge is 0.380 e.